The largest absolute Gasteiger partial charge is 0.465 e. The number of nitrogens with zero attached hydrogens (tertiary/aromatic N) is 1. The van der Waals surface area contributed by atoms with Crippen LogP contribution in [0.15, 0.2) is 18.2 Å². The molecular weight excluding hydrogens is 366 g/mol. The zero-order valence-corrected chi connectivity index (χ0v) is 15.4. The number of carbonyl (C=O) groups excluding carboxylic acids is 2. The molecule has 9 nitrogen and oxygen atoms in total. The summed E-state index contributed by atoms with van der Waals surface area (Å²) in [6, 6.07) is 3.68. The van der Waals surface area contributed by atoms with Crippen LogP contribution in [0.2, 0.25) is 0 Å². The summed E-state index contributed by atoms with van der Waals surface area (Å²) in [5.41, 5.74) is -0.841. The Kier molecular flexibility index (Phi) is 7.94. The normalized spacial score (nSPS) is 15.5. The van der Waals surface area contributed by atoms with Gasteiger partial charge in [0.25, 0.3) is 5.69 Å². The molecular formula is C16H22ClN3O6. The molecule has 1 aliphatic heterocycles. The Hall–Kier alpha value is -2.23. The molecule has 0 aliphatic carbocycles. The van der Waals surface area contributed by atoms with Crippen LogP contribution in [-0.4, -0.2) is 50.7 Å². The van der Waals surface area contributed by atoms with Gasteiger partial charge < -0.3 is 20.1 Å². The van der Waals surface area contributed by atoms with Gasteiger partial charge in [-0.3, -0.25) is 14.9 Å². The minimum atomic E-state index is -0.715. The number of anilines is 1. The molecule has 2 N–H and O–H groups in total. The number of benzene rings is 1. The number of hydrogen-bond donors (Lipinski definition) is 2. The first kappa shape index (κ1) is 21.8. The van der Waals surface area contributed by atoms with Crippen LogP contribution in [0.5, 0.6) is 0 Å². The predicted molar refractivity (Wildman–Crippen MR) is 96.7 cm³/mol. The first-order valence-electron chi connectivity index (χ1n) is 7.81. The van der Waals surface area contributed by atoms with Crippen molar-refractivity contribution in [2.24, 2.45) is 5.41 Å². The van der Waals surface area contributed by atoms with Crippen LogP contribution in [0.25, 0.3) is 0 Å². The van der Waals surface area contributed by atoms with E-state index in [1.807, 2.05) is 0 Å². The average Bonchev–Trinajstić information content (AvgIpc) is 2.61. The van der Waals surface area contributed by atoms with E-state index in [0.29, 0.717) is 25.9 Å². The Morgan fingerprint density at radius 2 is 1.92 bits per heavy atom. The molecule has 26 heavy (non-hydrogen) atoms. The molecule has 0 spiro atoms. The first-order valence-corrected chi connectivity index (χ1v) is 7.81. The van der Waals surface area contributed by atoms with Gasteiger partial charge in [-0.1, -0.05) is 0 Å². The Labute approximate surface area is 157 Å². The number of non-ortho nitro benzene ring substituents is 1. The van der Waals surface area contributed by atoms with E-state index in [2.05, 4.69) is 15.4 Å². The number of piperidine rings is 1. The van der Waals surface area contributed by atoms with E-state index in [0.717, 1.165) is 6.07 Å². The number of amides is 1. The number of halogens is 1. The predicted octanol–water partition coefficient (Wildman–Crippen LogP) is 1.76. The molecule has 1 amide bonds. The summed E-state index contributed by atoms with van der Waals surface area (Å²) in [7, 11) is 2.71. The van der Waals surface area contributed by atoms with Gasteiger partial charge in [-0.15, -0.1) is 12.4 Å². The van der Waals surface area contributed by atoms with Gasteiger partial charge in [0.2, 0.25) is 5.91 Å². The number of ether oxygens (including phenoxy) is 2. The highest BCUT2D eigenvalue weighted by Crippen LogP contribution is 2.31. The second kappa shape index (κ2) is 9.46. The zero-order valence-electron chi connectivity index (χ0n) is 14.6. The highest BCUT2D eigenvalue weighted by molar-refractivity contribution is 5.98. The summed E-state index contributed by atoms with van der Waals surface area (Å²) in [5, 5.41) is 17.0. The molecule has 1 fully saturated rings. The molecule has 0 atom stereocenters. The Morgan fingerprint density at radius 1 is 1.27 bits per heavy atom. The highest BCUT2D eigenvalue weighted by atomic mass is 35.5. The summed E-state index contributed by atoms with van der Waals surface area (Å²) in [6.45, 7) is 1.61. The molecule has 0 saturated carbocycles. The Morgan fingerprint density at radius 3 is 2.46 bits per heavy atom. The van der Waals surface area contributed by atoms with Crippen LogP contribution < -0.4 is 10.6 Å². The van der Waals surface area contributed by atoms with Crippen LogP contribution in [0.4, 0.5) is 11.4 Å². The average molecular weight is 388 g/mol. The van der Waals surface area contributed by atoms with E-state index >= 15 is 0 Å². The third-order valence-electron chi connectivity index (χ3n) is 4.27. The molecule has 0 unspecified atom stereocenters. The molecule has 0 aromatic heterocycles. The minimum Gasteiger partial charge on any atom is -0.465 e. The molecule has 0 bridgehead atoms. The van der Waals surface area contributed by atoms with Gasteiger partial charge in [0.15, 0.2) is 0 Å². The third kappa shape index (κ3) is 4.90. The lowest BCUT2D eigenvalue weighted by Gasteiger charge is -2.35. The van der Waals surface area contributed by atoms with E-state index in [9.17, 15) is 19.7 Å². The Balaban J connectivity index is 0.00000338. The van der Waals surface area contributed by atoms with Crippen molar-refractivity contribution < 1.29 is 24.0 Å². The number of hydrogen-bond acceptors (Lipinski definition) is 7. The van der Waals surface area contributed by atoms with E-state index in [-0.39, 0.29) is 41.9 Å². The zero-order chi connectivity index (χ0) is 18.4. The van der Waals surface area contributed by atoms with Gasteiger partial charge in [0.05, 0.1) is 29.6 Å². The third-order valence-corrected chi connectivity index (χ3v) is 4.27. The topological polar surface area (TPSA) is 120 Å². The quantitative estimate of drug-likeness (QED) is 0.433. The number of nitro groups is 1. The summed E-state index contributed by atoms with van der Waals surface area (Å²) in [6.07, 6.45) is 1.18. The standard InChI is InChI=1S/C16H21N3O6.ClH/c1-24-10-16(3-5-17-6-4-16)15(21)18-12-7-11(14(20)25-2)8-13(9-12)19(22)23;/h7-9,17H,3-6,10H2,1-2H3,(H,18,21);1H. The van der Waals surface area contributed by atoms with Gasteiger partial charge in [-0.25, -0.2) is 4.79 Å². The molecule has 144 valence electrons. The monoisotopic (exact) mass is 387 g/mol. The number of nitrogens with one attached hydrogen (secondary N) is 2. The summed E-state index contributed by atoms with van der Waals surface area (Å²) < 4.78 is 9.82. The van der Waals surface area contributed by atoms with Gasteiger partial charge in [0, 0.05) is 24.9 Å². The van der Waals surface area contributed by atoms with Gasteiger partial charge in [0.1, 0.15) is 0 Å². The molecule has 1 aliphatic rings. The van der Waals surface area contributed by atoms with Gasteiger partial charge >= 0.3 is 5.97 Å². The van der Waals surface area contributed by atoms with Crippen molar-refractivity contribution in [3.05, 3.63) is 33.9 Å². The van der Waals surface area contributed by atoms with Crippen LogP contribution in [-0.2, 0) is 14.3 Å². The number of nitro benzene ring substituents is 1. The molecule has 1 aromatic rings. The van der Waals surface area contributed by atoms with Crippen LogP contribution >= 0.6 is 12.4 Å². The molecule has 2 rings (SSSR count). The molecule has 0 radical (unpaired) electrons. The maximum Gasteiger partial charge on any atom is 0.338 e. The Bertz CT molecular complexity index is 670. The molecule has 1 saturated heterocycles. The van der Waals surface area contributed by atoms with Crippen molar-refractivity contribution in [1.29, 1.82) is 0 Å². The fraction of sp³-hybridized carbons (Fsp3) is 0.500. The summed E-state index contributed by atoms with van der Waals surface area (Å²) in [5.74, 6) is -1.00. The van der Waals surface area contributed by atoms with E-state index < -0.39 is 16.3 Å². The van der Waals surface area contributed by atoms with Crippen LogP contribution in [0, 0.1) is 15.5 Å². The minimum absolute atomic E-state index is 0. The smallest absolute Gasteiger partial charge is 0.338 e. The lowest BCUT2D eigenvalue weighted by Crippen LogP contribution is -2.47. The summed E-state index contributed by atoms with van der Waals surface area (Å²) >= 11 is 0. The van der Waals surface area contributed by atoms with Crippen molar-refractivity contribution in [2.75, 3.05) is 39.2 Å². The summed E-state index contributed by atoms with van der Waals surface area (Å²) in [4.78, 5) is 35.0. The number of methoxy groups -OCH3 is 2. The number of carbonyl (C=O) groups is 2. The van der Waals surface area contributed by atoms with Crippen molar-refractivity contribution in [3.8, 4) is 0 Å². The van der Waals surface area contributed by atoms with E-state index in [1.165, 1.54) is 26.4 Å². The highest BCUT2D eigenvalue weighted by Gasteiger charge is 2.39. The van der Waals surface area contributed by atoms with Crippen molar-refractivity contribution in [2.45, 2.75) is 12.8 Å². The molecule has 1 heterocycles. The first-order chi connectivity index (χ1) is 11.9. The molecule has 10 heteroatoms. The van der Waals surface area contributed by atoms with E-state index in [4.69, 9.17) is 4.74 Å². The van der Waals surface area contributed by atoms with Crippen molar-refractivity contribution >= 4 is 35.7 Å². The fourth-order valence-electron chi connectivity index (χ4n) is 2.91. The van der Waals surface area contributed by atoms with Gasteiger partial charge in [-0.05, 0) is 32.0 Å². The number of esters is 1. The SMILES string of the molecule is COCC1(C(=O)Nc2cc(C(=O)OC)cc([N+](=O)[O-])c2)CCNCC1.Cl. The second-order valence-corrected chi connectivity index (χ2v) is 5.93. The fourth-order valence-corrected chi connectivity index (χ4v) is 2.91. The van der Waals surface area contributed by atoms with Crippen LogP contribution in [0.1, 0.15) is 23.2 Å². The maximum atomic E-state index is 12.8. The van der Waals surface area contributed by atoms with Crippen LogP contribution in [0.3, 0.4) is 0 Å². The van der Waals surface area contributed by atoms with Crippen molar-refractivity contribution in [1.82, 2.24) is 5.32 Å². The lowest BCUT2D eigenvalue weighted by molar-refractivity contribution is -0.384. The number of rotatable bonds is 6. The maximum absolute atomic E-state index is 12.8. The van der Waals surface area contributed by atoms with Gasteiger partial charge in [-0.2, -0.15) is 0 Å². The lowest BCUT2D eigenvalue weighted by atomic mass is 9.78. The van der Waals surface area contributed by atoms with E-state index in [1.54, 1.807) is 0 Å². The molecule has 1 aromatic carbocycles. The van der Waals surface area contributed by atoms with Crippen molar-refractivity contribution in [3.63, 3.8) is 0 Å². The second-order valence-electron chi connectivity index (χ2n) is 5.93.